The van der Waals surface area contributed by atoms with Crippen LogP contribution in [0.4, 0.5) is 0 Å². The molecule has 0 heterocycles. The number of esters is 1. The van der Waals surface area contributed by atoms with Gasteiger partial charge in [-0.05, 0) is 48.1 Å². The molecule has 1 amide bonds. The van der Waals surface area contributed by atoms with Gasteiger partial charge in [-0.15, -0.1) is 11.8 Å². The van der Waals surface area contributed by atoms with Gasteiger partial charge in [-0.3, -0.25) is 9.59 Å². The molecular formula is C35H43NO3S. The molecule has 0 N–H and O–H groups in total. The minimum absolute atomic E-state index is 0.101. The predicted molar refractivity (Wildman–Crippen MR) is 165 cm³/mol. The summed E-state index contributed by atoms with van der Waals surface area (Å²) in [5.74, 6) is 0.385. The van der Waals surface area contributed by atoms with Crippen LogP contribution < -0.4 is 0 Å². The monoisotopic (exact) mass is 557 g/mol. The summed E-state index contributed by atoms with van der Waals surface area (Å²) in [6.45, 7) is 0.734. The highest BCUT2D eigenvalue weighted by atomic mass is 32.2. The lowest BCUT2D eigenvalue weighted by Crippen LogP contribution is -2.41. The number of methoxy groups -OCH3 is 1. The number of unbranched alkanes of at least 4 members (excludes halogenated alkanes) is 3. The van der Waals surface area contributed by atoms with Crippen LogP contribution in [0, 0.1) is 11.8 Å². The van der Waals surface area contributed by atoms with Crippen molar-refractivity contribution < 1.29 is 14.3 Å². The molecule has 212 valence electrons. The predicted octanol–water partition coefficient (Wildman–Crippen LogP) is 7.71. The fourth-order valence-corrected chi connectivity index (χ4v) is 7.61. The first-order chi connectivity index (χ1) is 19.6. The molecule has 0 aromatic heterocycles. The van der Waals surface area contributed by atoms with E-state index in [2.05, 4.69) is 91.0 Å². The van der Waals surface area contributed by atoms with E-state index in [0.717, 1.165) is 63.7 Å². The lowest BCUT2D eigenvalue weighted by atomic mass is 9.78. The second-order valence-electron chi connectivity index (χ2n) is 10.8. The molecule has 1 fully saturated rings. The Labute approximate surface area is 244 Å². The fourth-order valence-electron chi connectivity index (χ4n) is 6.05. The van der Waals surface area contributed by atoms with Gasteiger partial charge in [-0.1, -0.05) is 117 Å². The summed E-state index contributed by atoms with van der Waals surface area (Å²) in [5, 5.41) is 0. The molecule has 2 atom stereocenters. The van der Waals surface area contributed by atoms with Crippen molar-refractivity contribution in [2.75, 3.05) is 26.5 Å². The number of benzene rings is 3. The molecular weight excluding hydrogens is 514 g/mol. The second-order valence-corrected chi connectivity index (χ2v) is 12.1. The second kappa shape index (κ2) is 15.1. The Hall–Kier alpha value is -3.05. The molecule has 0 bridgehead atoms. The summed E-state index contributed by atoms with van der Waals surface area (Å²) < 4.78 is 4.71. The van der Waals surface area contributed by atoms with Crippen LogP contribution in [0.3, 0.4) is 0 Å². The van der Waals surface area contributed by atoms with E-state index in [-0.39, 0.29) is 28.5 Å². The normalized spacial score (nSPS) is 17.2. The van der Waals surface area contributed by atoms with Gasteiger partial charge in [0, 0.05) is 13.6 Å². The number of carbonyl (C=O) groups excluding carboxylic acids is 2. The van der Waals surface area contributed by atoms with Gasteiger partial charge >= 0.3 is 5.97 Å². The van der Waals surface area contributed by atoms with E-state index in [9.17, 15) is 9.59 Å². The maximum Gasteiger partial charge on any atom is 0.309 e. The van der Waals surface area contributed by atoms with Gasteiger partial charge in [0.1, 0.15) is 0 Å². The molecule has 1 saturated carbocycles. The van der Waals surface area contributed by atoms with Gasteiger partial charge in [-0.25, -0.2) is 0 Å². The van der Waals surface area contributed by atoms with Crippen LogP contribution in [-0.4, -0.2) is 43.2 Å². The third-order valence-corrected chi connectivity index (χ3v) is 9.84. The number of amides is 1. The Balaban J connectivity index is 1.33. The highest BCUT2D eigenvalue weighted by Gasteiger charge is 2.38. The van der Waals surface area contributed by atoms with Crippen molar-refractivity contribution in [1.29, 1.82) is 0 Å². The van der Waals surface area contributed by atoms with Crippen molar-refractivity contribution in [2.45, 2.75) is 56.1 Å². The summed E-state index contributed by atoms with van der Waals surface area (Å²) in [4.78, 5) is 27.2. The van der Waals surface area contributed by atoms with Crippen LogP contribution in [0.15, 0.2) is 91.0 Å². The summed E-state index contributed by atoms with van der Waals surface area (Å²) >= 11 is 2.01. The van der Waals surface area contributed by atoms with Crippen LogP contribution in [0.1, 0.15) is 68.1 Å². The standard InChI is InChI=1S/C35H43NO3S/c1-36(33(37)31-24-14-15-25-32(31)34(38)39-2)26-16-3-4-17-27-40-35(28-18-8-5-9-19-28,29-20-10-6-11-21-29)30-22-12-7-13-23-30/h5-13,18-23,31-32H,3-4,14-17,24-27H2,1-2H3/t31-,32+/m0/s1. The van der Waals surface area contributed by atoms with Crippen LogP contribution in [0.5, 0.6) is 0 Å². The smallest absolute Gasteiger partial charge is 0.309 e. The molecule has 0 aliphatic heterocycles. The minimum Gasteiger partial charge on any atom is -0.469 e. The summed E-state index contributed by atoms with van der Waals surface area (Å²) in [5.41, 5.74) is 3.89. The Morgan fingerprint density at radius 3 is 1.73 bits per heavy atom. The number of hydrogen-bond donors (Lipinski definition) is 0. The average molecular weight is 558 g/mol. The van der Waals surface area contributed by atoms with Gasteiger partial charge in [0.2, 0.25) is 5.91 Å². The largest absolute Gasteiger partial charge is 0.469 e. The van der Waals surface area contributed by atoms with Crippen molar-refractivity contribution in [3.63, 3.8) is 0 Å². The Kier molecular flexibility index (Phi) is 11.3. The Morgan fingerprint density at radius 2 is 1.23 bits per heavy atom. The zero-order valence-corrected chi connectivity index (χ0v) is 24.8. The molecule has 0 radical (unpaired) electrons. The fraction of sp³-hybridized carbons (Fsp3) is 0.429. The van der Waals surface area contributed by atoms with Gasteiger partial charge in [0.25, 0.3) is 0 Å². The topological polar surface area (TPSA) is 46.6 Å². The molecule has 5 heteroatoms. The lowest BCUT2D eigenvalue weighted by molar-refractivity contribution is -0.154. The van der Waals surface area contributed by atoms with Crippen molar-refractivity contribution in [1.82, 2.24) is 4.90 Å². The average Bonchev–Trinajstić information content (AvgIpc) is 3.03. The number of ether oxygens (including phenoxy) is 1. The van der Waals surface area contributed by atoms with E-state index in [1.807, 2.05) is 23.7 Å². The molecule has 0 spiro atoms. The number of nitrogens with zero attached hydrogens (tertiary/aromatic N) is 1. The molecule has 4 nitrogen and oxygen atoms in total. The van der Waals surface area contributed by atoms with E-state index >= 15 is 0 Å². The van der Waals surface area contributed by atoms with E-state index in [1.165, 1.54) is 23.8 Å². The van der Waals surface area contributed by atoms with Gasteiger partial charge in [-0.2, -0.15) is 0 Å². The zero-order chi connectivity index (χ0) is 28.2. The van der Waals surface area contributed by atoms with Crippen molar-refractivity contribution in [3.8, 4) is 0 Å². The van der Waals surface area contributed by atoms with E-state index < -0.39 is 0 Å². The maximum absolute atomic E-state index is 13.1. The minimum atomic E-state index is -0.287. The first-order valence-corrected chi connectivity index (χ1v) is 15.7. The zero-order valence-electron chi connectivity index (χ0n) is 24.0. The van der Waals surface area contributed by atoms with Crippen LogP contribution in [0.25, 0.3) is 0 Å². The van der Waals surface area contributed by atoms with Crippen LogP contribution >= 0.6 is 11.8 Å². The highest BCUT2D eigenvalue weighted by molar-refractivity contribution is 8.00. The molecule has 1 aliphatic rings. The van der Waals surface area contributed by atoms with Gasteiger partial charge in [0.05, 0.1) is 23.7 Å². The van der Waals surface area contributed by atoms with Crippen molar-refractivity contribution >= 4 is 23.6 Å². The van der Waals surface area contributed by atoms with Crippen molar-refractivity contribution in [2.24, 2.45) is 11.8 Å². The third-order valence-electron chi connectivity index (χ3n) is 8.21. The Bertz CT molecular complexity index is 1090. The highest BCUT2D eigenvalue weighted by Crippen LogP contribution is 2.48. The maximum atomic E-state index is 13.1. The number of thioether (sulfide) groups is 1. The summed E-state index contributed by atoms with van der Waals surface area (Å²) in [6.07, 6.45) is 7.83. The van der Waals surface area contributed by atoms with Crippen LogP contribution in [0.2, 0.25) is 0 Å². The first kappa shape index (κ1) is 29.9. The third kappa shape index (κ3) is 7.17. The first-order valence-electron chi connectivity index (χ1n) is 14.7. The Morgan fingerprint density at radius 1 is 0.750 bits per heavy atom. The van der Waals surface area contributed by atoms with Gasteiger partial charge in [0.15, 0.2) is 0 Å². The van der Waals surface area contributed by atoms with Crippen molar-refractivity contribution in [3.05, 3.63) is 108 Å². The number of rotatable bonds is 13. The molecule has 0 saturated heterocycles. The van der Waals surface area contributed by atoms with E-state index in [4.69, 9.17) is 4.74 Å². The number of carbonyl (C=O) groups is 2. The quantitative estimate of drug-likeness (QED) is 0.123. The lowest BCUT2D eigenvalue weighted by Gasteiger charge is -2.35. The summed E-state index contributed by atoms with van der Waals surface area (Å²) in [7, 11) is 3.30. The SMILES string of the molecule is COC(=O)[C@@H]1CCCC[C@@H]1C(=O)N(C)CCCCCCSC(c1ccccc1)(c1ccccc1)c1ccccc1. The van der Waals surface area contributed by atoms with Gasteiger partial charge < -0.3 is 9.64 Å². The molecule has 1 aliphatic carbocycles. The van der Waals surface area contributed by atoms with Crippen LogP contribution in [-0.2, 0) is 19.1 Å². The van der Waals surface area contributed by atoms with E-state index in [0.29, 0.717) is 0 Å². The molecule has 40 heavy (non-hydrogen) atoms. The molecule has 4 rings (SSSR count). The molecule has 3 aromatic carbocycles. The summed E-state index contributed by atoms with van der Waals surface area (Å²) in [6, 6.07) is 32.5. The van der Waals surface area contributed by atoms with E-state index in [1.54, 1.807) is 0 Å². The molecule has 0 unspecified atom stereocenters. The molecule has 3 aromatic rings. The number of hydrogen-bond acceptors (Lipinski definition) is 4.